The fourth-order valence-electron chi connectivity index (χ4n) is 3.10. The molecule has 2 heterocycles. The summed E-state index contributed by atoms with van der Waals surface area (Å²) >= 11 is 0. The van der Waals surface area contributed by atoms with E-state index < -0.39 is 0 Å². The minimum Gasteiger partial charge on any atom is -0.356 e. The van der Waals surface area contributed by atoms with Gasteiger partial charge in [0.1, 0.15) is 0 Å². The molecule has 0 atom stereocenters. The normalized spacial score (nSPS) is 16.5. The number of carbonyl (C=O) groups excluding carboxylic acids is 1. The molecule has 2 aromatic rings. The zero-order valence-electron chi connectivity index (χ0n) is 14.4. The van der Waals surface area contributed by atoms with Crippen molar-refractivity contribution in [2.75, 3.05) is 46.3 Å². The maximum absolute atomic E-state index is 12.0. The highest BCUT2D eigenvalue weighted by atomic mass is 16.1. The maximum Gasteiger partial charge on any atom is 0.221 e. The van der Waals surface area contributed by atoms with Gasteiger partial charge in [-0.1, -0.05) is 12.1 Å². The number of hydrogen-bond acceptors (Lipinski definition) is 4. The van der Waals surface area contributed by atoms with Crippen LogP contribution in [-0.2, 0) is 11.3 Å². The second-order valence-electron chi connectivity index (χ2n) is 6.53. The molecule has 1 aromatic carbocycles. The third-order valence-corrected chi connectivity index (χ3v) is 4.68. The Morgan fingerprint density at radius 1 is 1.17 bits per heavy atom. The zero-order chi connectivity index (χ0) is 16.8. The van der Waals surface area contributed by atoms with Gasteiger partial charge in [0.05, 0.1) is 17.4 Å². The van der Waals surface area contributed by atoms with Gasteiger partial charge in [-0.25, -0.2) is 4.98 Å². The zero-order valence-corrected chi connectivity index (χ0v) is 14.4. The fourth-order valence-corrected chi connectivity index (χ4v) is 3.10. The lowest BCUT2D eigenvalue weighted by atomic mass is 10.3. The SMILES string of the molecule is CN1CCN(CCCNC(=O)CCn2cnc3ccccc32)CC1. The lowest BCUT2D eigenvalue weighted by Gasteiger charge is -2.32. The molecule has 1 aromatic heterocycles. The summed E-state index contributed by atoms with van der Waals surface area (Å²) in [5.74, 6) is 0.117. The molecule has 0 saturated carbocycles. The minimum absolute atomic E-state index is 0.117. The quantitative estimate of drug-likeness (QED) is 0.775. The number of aryl methyl sites for hydroxylation is 1. The van der Waals surface area contributed by atoms with Crippen LogP contribution < -0.4 is 5.32 Å². The van der Waals surface area contributed by atoms with E-state index in [9.17, 15) is 4.79 Å². The second-order valence-corrected chi connectivity index (χ2v) is 6.53. The van der Waals surface area contributed by atoms with Crippen LogP contribution in [0.2, 0.25) is 0 Å². The monoisotopic (exact) mass is 329 g/mol. The fraction of sp³-hybridized carbons (Fsp3) is 0.556. The predicted octanol–water partition coefficient (Wildman–Crippen LogP) is 1.18. The lowest BCUT2D eigenvalue weighted by molar-refractivity contribution is -0.121. The number of amides is 1. The van der Waals surface area contributed by atoms with Gasteiger partial charge in [0, 0.05) is 45.7 Å². The first-order chi connectivity index (χ1) is 11.7. The summed E-state index contributed by atoms with van der Waals surface area (Å²) in [6.45, 7) is 7.06. The standard InChI is InChI=1S/C18H27N5O/c1-21-11-13-22(14-12-21)9-4-8-19-18(24)7-10-23-15-20-16-5-2-3-6-17(16)23/h2-3,5-6,15H,4,7-14H2,1H3,(H,19,24). The number of nitrogens with one attached hydrogen (secondary N) is 1. The summed E-state index contributed by atoms with van der Waals surface area (Å²) in [5.41, 5.74) is 2.06. The molecular formula is C18H27N5O. The van der Waals surface area contributed by atoms with E-state index in [0.29, 0.717) is 13.0 Å². The summed E-state index contributed by atoms with van der Waals surface area (Å²) in [4.78, 5) is 21.2. The molecule has 6 nitrogen and oxygen atoms in total. The number of imidazole rings is 1. The molecule has 3 rings (SSSR count). The van der Waals surface area contributed by atoms with Gasteiger partial charge >= 0.3 is 0 Å². The van der Waals surface area contributed by atoms with Gasteiger partial charge in [0.2, 0.25) is 5.91 Å². The number of para-hydroxylation sites is 2. The molecular weight excluding hydrogens is 302 g/mol. The molecule has 0 unspecified atom stereocenters. The minimum atomic E-state index is 0.117. The van der Waals surface area contributed by atoms with Crippen molar-refractivity contribution in [3.05, 3.63) is 30.6 Å². The van der Waals surface area contributed by atoms with Gasteiger partial charge in [0.15, 0.2) is 0 Å². The third kappa shape index (κ3) is 4.55. The van der Waals surface area contributed by atoms with Crippen LogP contribution in [0.1, 0.15) is 12.8 Å². The first-order valence-electron chi connectivity index (χ1n) is 8.80. The van der Waals surface area contributed by atoms with Crippen LogP contribution in [0.25, 0.3) is 11.0 Å². The van der Waals surface area contributed by atoms with Crippen molar-refractivity contribution in [3.63, 3.8) is 0 Å². The van der Waals surface area contributed by atoms with Crippen molar-refractivity contribution in [1.29, 1.82) is 0 Å². The molecule has 0 bridgehead atoms. The third-order valence-electron chi connectivity index (χ3n) is 4.68. The Morgan fingerprint density at radius 3 is 2.79 bits per heavy atom. The average molecular weight is 329 g/mol. The molecule has 130 valence electrons. The molecule has 0 radical (unpaired) electrons. The van der Waals surface area contributed by atoms with E-state index in [-0.39, 0.29) is 5.91 Å². The highest BCUT2D eigenvalue weighted by molar-refractivity contribution is 5.77. The van der Waals surface area contributed by atoms with E-state index in [1.807, 2.05) is 35.2 Å². The number of carbonyl (C=O) groups is 1. The van der Waals surface area contributed by atoms with Crippen LogP contribution in [-0.4, -0.2) is 71.6 Å². The van der Waals surface area contributed by atoms with Gasteiger partial charge < -0.3 is 19.7 Å². The summed E-state index contributed by atoms with van der Waals surface area (Å²) in [5, 5.41) is 3.03. The Balaban J connectivity index is 1.33. The van der Waals surface area contributed by atoms with Crippen LogP contribution in [0.4, 0.5) is 0 Å². The maximum atomic E-state index is 12.0. The van der Waals surface area contributed by atoms with Gasteiger partial charge in [-0.2, -0.15) is 0 Å². The van der Waals surface area contributed by atoms with Gasteiger partial charge in [0.25, 0.3) is 0 Å². The van der Waals surface area contributed by atoms with Crippen LogP contribution in [0.3, 0.4) is 0 Å². The molecule has 1 aliphatic rings. The molecule has 1 amide bonds. The van der Waals surface area contributed by atoms with Gasteiger partial charge in [-0.05, 0) is 32.1 Å². The molecule has 0 aliphatic carbocycles. The first-order valence-corrected chi connectivity index (χ1v) is 8.80. The van der Waals surface area contributed by atoms with E-state index in [1.54, 1.807) is 0 Å². The Morgan fingerprint density at radius 2 is 1.96 bits per heavy atom. The summed E-state index contributed by atoms with van der Waals surface area (Å²) in [6.07, 6.45) is 3.32. The topological polar surface area (TPSA) is 53.4 Å². The van der Waals surface area contributed by atoms with E-state index in [2.05, 4.69) is 27.1 Å². The second kappa shape index (κ2) is 8.26. The Labute approximate surface area is 143 Å². The number of piperazine rings is 1. The molecule has 1 aliphatic heterocycles. The van der Waals surface area contributed by atoms with Crippen molar-refractivity contribution in [1.82, 2.24) is 24.7 Å². The van der Waals surface area contributed by atoms with E-state index >= 15 is 0 Å². The lowest BCUT2D eigenvalue weighted by Crippen LogP contribution is -2.45. The number of nitrogens with zero attached hydrogens (tertiary/aromatic N) is 4. The molecule has 24 heavy (non-hydrogen) atoms. The molecule has 1 saturated heterocycles. The average Bonchev–Trinajstić information content (AvgIpc) is 3.02. The number of likely N-dealkylation sites (N-methyl/N-ethyl adjacent to an activating group) is 1. The van der Waals surface area contributed by atoms with Crippen LogP contribution in [0, 0.1) is 0 Å². The Hall–Kier alpha value is -1.92. The van der Waals surface area contributed by atoms with Crippen molar-refractivity contribution >= 4 is 16.9 Å². The van der Waals surface area contributed by atoms with Crippen molar-refractivity contribution < 1.29 is 4.79 Å². The number of fused-ring (bicyclic) bond motifs is 1. The van der Waals surface area contributed by atoms with Crippen LogP contribution in [0.5, 0.6) is 0 Å². The van der Waals surface area contributed by atoms with Crippen molar-refractivity contribution in [3.8, 4) is 0 Å². The number of benzene rings is 1. The summed E-state index contributed by atoms with van der Waals surface area (Å²) in [6, 6.07) is 8.01. The van der Waals surface area contributed by atoms with Gasteiger partial charge in [-0.3, -0.25) is 4.79 Å². The van der Waals surface area contributed by atoms with E-state index in [1.165, 1.54) is 0 Å². The number of aromatic nitrogens is 2. The highest BCUT2D eigenvalue weighted by Gasteiger charge is 2.13. The Bertz CT molecular complexity index is 660. The van der Waals surface area contributed by atoms with E-state index in [0.717, 1.165) is 56.7 Å². The highest BCUT2D eigenvalue weighted by Crippen LogP contribution is 2.11. The summed E-state index contributed by atoms with van der Waals surface area (Å²) < 4.78 is 2.04. The van der Waals surface area contributed by atoms with Crippen molar-refractivity contribution in [2.45, 2.75) is 19.4 Å². The largest absolute Gasteiger partial charge is 0.356 e. The molecule has 1 fully saturated rings. The van der Waals surface area contributed by atoms with Crippen LogP contribution in [0.15, 0.2) is 30.6 Å². The predicted molar refractivity (Wildman–Crippen MR) is 95.9 cm³/mol. The summed E-state index contributed by atoms with van der Waals surface area (Å²) in [7, 11) is 2.17. The number of rotatable bonds is 7. The van der Waals surface area contributed by atoms with Gasteiger partial charge in [-0.15, -0.1) is 0 Å². The smallest absolute Gasteiger partial charge is 0.221 e. The first kappa shape index (κ1) is 16.9. The Kier molecular flexibility index (Phi) is 5.82. The van der Waals surface area contributed by atoms with Crippen LogP contribution >= 0.6 is 0 Å². The van der Waals surface area contributed by atoms with E-state index in [4.69, 9.17) is 0 Å². The molecule has 1 N–H and O–H groups in total. The van der Waals surface area contributed by atoms with Crippen molar-refractivity contribution in [2.24, 2.45) is 0 Å². The molecule has 0 spiro atoms. The number of hydrogen-bond donors (Lipinski definition) is 1. The molecule has 6 heteroatoms.